The van der Waals surface area contributed by atoms with Crippen molar-refractivity contribution in [2.24, 2.45) is 5.92 Å². The van der Waals surface area contributed by atoms with E-state index in [9.17, 15) is 13.2 Å². The Morgan fingerprint density at radius 1 is 1.21 bits per heavy atom. The number of hydrogen-bond acceptors (Lipinski definition) is 1. The smallest absolute Gasteiger partial charge is 0.317 e. The van der Waals surface area contributed by atoms with Crippen molar-refractivity contribution < 1.29 is 13.2 Å². The van der Waals surface area contributed by atoms with Gasteiger partial charge in [-0.15, -0.1) is 0 Å². The molecule has 1 atom stereocenters. The predicted octanol–water partition coefficient (Wildman–Crippen LogP) is 4.27. The van der Waals surface area contributed by atoms with Gasteiger partial charge in [-0.25, -0.2) is 0 Å². The van der Waals surface area contributed by atoms with Gasteiger partial charge in [0.2, 0.25) is 0 Å². The molecule has 19 heavy (non-hydrogen) atoms. The molecule has 0 heterocycles. The van der Waals surface area contributed by atoms with Gasteiger partial charge in [0.1, 0.15) is 0 Å². The summed E-state index contributed by atoms with van der Waals surface area (Å²) in [5.41, 5.74) is 0.208. The van der Waals surface area contributed by atoms with Crippen LogP contribution in [0.1, 0.15) is 37.8 Å². The second-order valence-corrected chi connectivity index (χ2v) is 5.05. The molecule has 0 bridgehead atoms. The van der Waals surface area contributed by atoms with Crippen LogP contribution in [0.4, 0.5) is 13.2 Å². The quantitative estimate of drug-likeness (QED) is 0.731. The lowest BCUT2D eigenvalue weighted by atomic mass is 9.97. The number of halogens is 3. The molecule has 4 heteroatoms. The van der Waals surface area contributed by atoms with Gasteiger partial charge in [0.25, 0.3) is 0 Å². The van der Waals surface area contributed by atoms with Crippen molar-refractivity contribution in [3.05, 3.63) is 35.4 Å². The first-order valence-corrected chi connectivity index (χ1v) is 6.80. The van der Waals surface area contributed by atoms with Crippen molar-refractivity contribution in [2.45, 2.75) is 39.3 Å². The maximum Gasteiger partial charge on any atom is 0.416 e. The van der Waals surface area contributed by atoms with Crippen LogP contribution in [0.3, 0.4) is 0 Å². The van der Waals surface area contributed by atoms with Gasteiger partial charge < -0.3 is 5.32 Å². The molecule has 0 saturated carbocycles. The van der Waals surface area contributed by atoms with Gasteiger partial charge in [-0.1, -0.05) is 32.0 Å². The minimum Gasteiger partial charge on any atom is -0.317 e. The van der Waals surface area contributed by atoms with Crippen LogP contribution in [0, 0.1) is 5.92 Å². The summed E-state index contributed by atoms with van der Waals surface area (Å²) in [5.74, 6) is 0.382. The monoisotopic (exact) mass is 273 g/mol. The summed E-state index contributed by atoms with van der Waals surface area (Å²) >= 11 is 0. The normalized spacial score (nSPS) is 13.5. The Balaban J connectivity index is 2.48. The Morgan fingerprint density at radius 3 is 2.58 bits per heavy atom. The van der Waals surface area contributed by atoms with Crippen molar-refractivity contribution >= 4 is 0 Å². The molecule has 0 amide bonds. The minimum atomic E-state index is -4.25. The number of benzene rings is 1. The number of rotatable bonds is 7. The fraction of sp³-hybridized carbons (Fsp3) is 0.600. The fourth-order valence-corrected chi connectivity index (χ4v) is 2.03. The van der Waals surface area contributed by atoms with E-state index in [1.165, 1.54) is 12.1 Å². The average Bonchev–Trinajstić information content (AvgIpc) is 2.34. The Labute approximate surface area is 113 Å². The molecule has 1 aromatic carbocycles. The summed E-state index contributed by atoms with van der Waals surface area (Å²) in [6.45, 7) is 6.11. The summed E-state index contributed by atoms with van der Waals surface area (Å²) in [6, 6.07) is 5.64. The van der Waals surface area contributed by atoms with Crippen molar-refractivity contribution in [1.82, 2.24) is 5.32 Å². The van der Waals surface area contributed by atoms with Gasteiger partial charge in [-0.05, 0) is 49.9 Å². The van der Waals surface area contributed by atoms with Crippen LogP contribution in [0.25, 0.3) is 0 Å². The van der Waals surface area contributed by atoms with Gasteiger partial charge in [0.05, 0.1) is 5.56 Å². The van der Waals surface area contributed by atoms with Gasteiger partial charge in [-0.3, -0.25) is 0 Å². The lowest BCUT2D eigenvalue weighted by molar-refractivity contribution is -0.137. The zero-order valence-electron chi connectivity index (χ0n) is 11.6. The highest BCUT2D eigenvalue weighted by molar-refractivity contribution is 5.25. The molecule has 0 fully saturated rings. The lowest BCUT2D eigenvalue weighted by Crippen LogP contribution is -2.18. The molecular formula is C15H22F3N. The molecular weight excluding hydrogens is 251 g/mol. The zero-order valence-corrected chi connectivity index (χ0v) is 11.6. The Bertz CT molecular complexity index is 374. The van der Waals surface area contributed by atoms with Gasteiger partial charge in [0, 0.05) is 0 Å². The third-order valence-electron chi connectivity index (χ3n) is 3.08. The molecule has 1 rings (SSSR count). The lowest BCUT2D eigenvalue weighted by Gasteiger charge is -2.13. The predicted molar refractivity (Wildman–Crippen MR) is 72.1 cm³/mol. The Morgan fingerprint density at radius 2 is 1.95 bits per heavy atom. The topological polar surface area (TPSA) is 12.0 Å². The summed E-state index contributed by atoms with van der Waals surface area (Å²) in [5, 5.41) is 3.31. The largest absolute Gasteiger partial charge is 0.416 e. The Kier molecular flexibility index (Phi) is 6.35. The summed E-state index contributed by atoms with van der Waals surface area (Å²) in [7, 11) is 0. The zero-order chi connectivity index (χ0) is 14.3. The van der Waals surface area contributed by atoms with E-state index in [4.69, 9.17) is 0 Å². The summed E-state index contributed by atoms with van der Waals surface area (Å²) in [6.07, 6.45) is -1.47. The van der Waals surface area contributed by atoms with Crippen LogP contribution in [-0.2, 0) is 12.6 Å². The third-order valence-corrected chi connectivity index (χ3v) is 3.08. The van der Waals surface area contributed by atoms with E-state index in [0.717, 1.165) is 37.6 Å². The third kappa shape index (κ3) is 6.10. The molecule has 0 aliphatic carbocycles. The molecule has 0 saturated heterocycles. The summed E-state index contributed by atoms with van der Waals surface area (Å²) in [4.78, 5) is 0. The molecule has 0 radical (unpaired) electrons. The summed E-state index contributed by atoms with van der Waals surface area (Å²) < 4.78 is 37.7. The standard InChI is InChI=1S/C15H22F3N/c1-3-8-19-9-7-12(2)10-13-5-4-6-14(11-13)15(16,17)18/h4-6,11-12,19H,3,7-10H2,1-2H3. The van der Waals surface area contributed by atoms with Crippen molar-refractivity contribution in [1.29, 1.82) is 0 Å². The van der Waals surface area contributed by atoms with Crippen LogP contribution >= 0.6 is 0 Å². The molecule has 0 aromatic heterocycles. The molecule has 0 aliphatic rings. The van der Waals surface area contributed by atoms with E-state index < -0.39 is 11.7 Å². The highest BCUT2D eigenvalue weighted by Gasteiger charge is 2.30. The molecule has 1 aromatic rings. The minimum absolute atomic E-state index is 0.382. The number of alkyl halides is 3. The van der Waals surface area contributed by atoms with E-state index in [2.05, 4.69) is 19.2 Å². The molecule has 0 spiro atoms. The van der Waals surface area contributed by atoms with Crippen LogP contribution in [0.15, 0.2) is 24.3 Å². The van der Waals surface area contributed by atoms with E-state index in [1.807, 2.05) is 0 Å². The van der Waals surface area contributed by atoms with Crippen molar-refractivity contribution in [2.75, 3.05) is 13.1 Å². The maximum atomic E-state index is 12.6. The Hall–Kier alpha value is -1.03. The number of hydrogen-bond donors (Lipinski definition) is 1. The number of nitrogens with one attached hydrogen (secondary N) is 1. The van der Waals surface area contributed by atoms with E-state index >= 15 is 0 Å². The first-order chi connectivity index (χ1) is 8.93. The van der Waals surface area contributed by atoms with E-state index in [-0.39, 0.29) is 0 Å². The van der Waals surface area contributed by atoms with E-state index in [0.29, 0.717) is 12.3 Å². The second kappa shape index (κ2) is 7.53. The maximum absolute atomic E-state index is 12.6. The highest BCUT2D eigenvalue weighted by atomic mass is 19.4. The molecule has 0 aliphatic heterocycles. The van der Waals surface area contributed by atoms with Crippen molar-refractivity contribution in [3.63, 3.8) is 0 Å². The molecule has 1 N–H and O–H groups in total. The van der Waals surface area contributed by atoms with Gasteiger partial charge in [-0.2, -0.15) is 13.2 Å². The SMILES string of the molecule is CCCNCCC(C)Cc1cccc(C(F)(F)F)c1. The van der Waals surface area contributed by atoms with Gasteiger partial charge in [0.15, 0.2) is 0 Å². The highest BCUT2D eigenvalue weighted by Crippen LogP contribution is 2.30. The van der Waals surface area contributed by atoms with Crippen molar-refractivity contribution in [3.8, 4) is 0 Å². The first kappa shape index (κ1) is 16.0. The first-order valence-electron chi connectivity index (χ1n) is 6.80. The average molecular weight is 273 g/mol. The van der Waals surface area contributed by atoms with Crippen LogP contribution in [0.2, 0.25) is 0 Å². The van der Waals surface area contributed by atoms with Crippen LogP contribution in [0.5, 0.6) is 0 Å². The molecule has 1 unspecified atom stereocenters. The van der Waals surface area contributed by atoms with Crippen LogP contribution in [-0.4, -0.2) is 13.1 Å². The van der Waals surface area contributed by atoms with Crippen LogP contribution < -0.4 is 5.32 Å². The fourth-order valence-electron chi connectivity index (χ4n) is 2.03. The van der Waals surface area contributed by atoms with E-state index in [1.54, 1.807) is 6.07 Å². The second-order valence-electron chi connectivity index (χ2n) is 5.05. The molecule has 1 nitrogen and oxygen atoms in total. The van der Waals surface area contributed by atoms with Gasteiger partial charge >= 0.3 is 6.18 Å². The molecule has 108 valence electrons.